The van der Waals surface area contributed by atoms with Gasteiger partial charge in [0.2, 0.25) is 0 Å². The van der Waals surface area contributed by atoms with E-state index < -0.39 is 11.7 Å². The number of nitrogens with zero attached hydrogens (tertiary/aromatic N) is 3. The molecular weight excluding hydrogens is 432 g/mol. The third kappa shape index (κ3) is 7.96. The van der Waals surface area contributed by atoms with Gasteiger partial charge in [-0.2, -0.15) is 10.2 Å². The van der Waals surface area contributed by atoms with Crippen LogP contribution in [-0.2, 0) is 4.74 Å². The molecule has 0 aliphatic heterocycles. The van der Waals surface area contributed by atoms with Crippen molar-refractivity contribution in [1.29, 1.82) is 5.26 Å². The number of nitriles is 1. The van der Waals surface area contributed by atoms with Gasteiger partial charge in [-0.05, 0) is 62.8 Å². The van der Waals surface area contributed by atoms with E-state index in [0.717, 1.165) is 23.1 Å². The first kappa shape index (κ1) is 26.5. The molecule has 0 bridgehead atoms. The predicted molar refractivity (Wildman–Crippen MR) is 133 cm³/mol. The molecule has 9 heteroatoms. The third-order valence-corrected chi connectivity index (χ3v) is 4.63. The third-order valence-electron chi connectivity index (χ3n) is 4.63. The summed E-state index contributed by atoms with van der Waals surface area (Å²) in [6.45, 7) is 12.4. The number of nitrogens with one attached hydrogen (secondary N) is 1. The number of fused-ring (bicyclic) bond motifs is 1. The lowest BCUT2D eigenvalue weighted by molar-refractivity contribution is 0.0600. The van der Waals surface area contributed by atoms with Crippen LogP contribution in [0.3, 0.4) is 0 Å². The summed E-state index contributed by atoms with van der Waals surface area (Å²) in [5.74, 6) is 2.00. The number of primary amides is 1. The monoisotopic (exact) mass is 466 g/mol. The number of rotatable bonds is 6. The normalized spacial score (nSPS) is 11.9. The van der Waals surface area contributed by atoms with E-state index in [1.54, 1.807) is 27.0 Å². The Bertz CT molecular complexity index is 1160. The molecule has 1 unspecified atom stereocenters. The number of hydrogen-bond donors (Lipinski definition) is 3. The minimum atomic E-state index is -0.725. The van der Waals surface area contributed by atoms with Crippen LogP contribution in [0.25, 0.3) is 22.3 Å². The van der Waals surface area contributed by atoms with Crippen molar-refractivity contribution in [1.82, 2.24) is 15.0 Å². The lowest BCUT2D eigenvalue weighted by Crippen LogP contribution is -2.27. The molecule has 0 radical (unpaired) electrons. The molecule has 0 aliphatic rings. The van der Waals surface area contributed by atoms with Crippen LogP contribution < -0.4 is 16.2 Å². The van der Waals surface area contributed by atoms with E-state index in [-0.39, 0.29) is 0 Å². The Hall–Kier alpha value is -3.80. The molecule has 3 aromatic rings. The zero-order chi connectivity index (χ0) is 25.5. The summed E-state index contributed by atoms with van der Waals surface area (Å²) in [4.78, 5) is 21.4. The number of anilines is 1. The highest BCUT2D eigenvalue weighted by molar-refractivity contribution is 5.91. The zero-order valence-electron chi connectivity index (χ0n) is 20.7. The molecular formula is C25H34N6O3. The van der Waals surface area contributed by atoms with Gasteiger partial charge in [-0.15, -0.1) is 0 Å². The quantitative estimate of drug-likeness (QED) is 0.461. The van der Waals surface area contributed by atoms with Crippen LogP contribution in [0.4, 0.5) is 10.7 Å². The molecule has 3 rings (SSSR count). The molecule has 0 aliphatic carbocycles. The van der Waals surface area contributed by atoms with Crippen LogP contribution >= 0.6 is 0 Å². The number of aromatic nitrogens is 3. The summed E-state index contributed by atoms with van der Waals surface area (Å²) < 4.78 is 10.5. The van der Waals surface area contributed by atoms with Crippen LogP contribution in [0.1, 0.15) is 53.5 Å². The number of H-pyrrole nitrogens is 1. The molecule has 5 N–H and O–H groups in total. The number of nitrogen functional groups attached to an aromatic ring is 1. The van der Waals surface area contributed by atoms with Crippen molar-refractivity contribution in [3.05, 3.63) is 36.0 Å². The molecule has 2 heterocycles. The molecule has 1 aromatic carbocycles. The van der Waals surface area contributed by atoms with E-state index in [9.17, 15) is 10.1 Å². The SMILES string of the molecule is CC(C)(C)OC(N)=O.CC(C)CC(C)COc1ccc(-c2ccnc3nc(N)[nH]c23)cc1C#N. The van der Waals surface area contributed by atoms with Gasteiger partial charge in [-0.25, -0.2) is 9.78 Å². The Kier molecular flexibility index (Phi) is 8.84. The number of imidazole rings is 1. The number of carbonyl (C=O) groups excluding carboxylic acids is 1. The average molecular weight is 467 g/mol. The summed E-state index contributed by atoms with van der Waals surface area (Å²) >= 11 is 0. The summed E-state index contributed by atoms with van der Waals surface area (Å²) in [6, 6.07) is 9.73. The molecule has 0 saturated heterocycles. The first-order valence-electron chi connectivity index (χ1n) is 11.2. The fraction of sp³-hybridized carbons (Fsp3) is 0.440. The minimum absolute atomic E-state index is 0.319. The van der Waals surface area contributed by atoms with E-state index >= 15 is 0 Å². The first-order valence-corrected chi connectivity index (χ1v) is 11.2. The van der Waals surface area contributed by atoms with E-state index in [1.807, 2.05) is 24.3 Å². The highest BCUT2D eigenvalue weighted by Crippen LogP contribution is 2.30. The highest BCUT2D eigenvalue weighted by atomic mass is 16.6. The van der Waals surface area contributed by atoms with Crippen LogP contribution in [0.15, 0.2) is 30.5 Å². The number of hydrogen-bond acceptors (Lipinski definition) is 7. The number of ether oxygens (including phenoxy) is 2. The van der Waals surface area contributed by atoms with Crippen molar-refractivity contribution in [3.63, 3.8) is 0 Å². The molecule has 182 valence electrons. The maximum atomic E-state index is 10.0. The van der Waals surface area contributed by atoms with Gasteiger partial charge in [-0.3, -0.25) is 0 Å². The van der Waals surface area contributed by atoms with Crippen molar-refractivity contribution in [2.45, 2.75) is 53.6 Å². The topological polar surface area (TPSA) is 153 Å². The Morgan fingerprint density at radius 3 is 2.50 bits per heavy atom. The van der Waals surface area contributed by atoms with Crippen LogP contribution in [0, 0.1) is 23.2 Å². The molecule has 1 atom stereocenters. The second-order valence-electron chi connectivity index (χ2n) is 9.58. The second kappa shape index (κ2) is 11.4. The molecule has 0 saturated carbocycles. The Morgan fingerprint density at radius 2 is 1.94 bits per heavy atom. The van der Waals surface area contributed by atoms with Gasteiger partial charge in [-0.1, -0.05) is 26.8 Å². The first-order chi connectivity index (χ1) is 15.9. The fourth-order valence-corrected chi connectivity index (χ4v) is 3.49. The van der Waals surface area contributed by atoms with E-state index in [0.29, 0.717) is 41.4 Å². The van der Waals surface area contributed by atoms with Crippen molar-refractivity contribution in [2.24, 2.45) is 17.6 Å². The van der Waals surface area contributed by atoms with Crippen molar-refractivity contribution in [2.75, 3.05) is 12.3 Å². The molecule has 0 fully saturated rings. The fourth-order valence-electron chi connectivity index (χ4n) is 3.49. The predicted octanol–water partition coefficient (Wildman–Crippen LogP) is 5.02. The van der Waals surface area contributed by atoms with Gasteiger partial charge in [0.1, 0.15) is 17.4 Å². The van der Waals surface area contributed by atoms with Gasteiger partial charge in [0.05, 0.1) is 17.7 Å². The molecule has 9 nitrogen and oxygen atoms in total. The zero-order valence-corrected chi connectivity index (χ0v) is 20.7. The molecule has 0 spiro atoms. The number of carbonyl (C=O) groups is 1. The minimum Gasteiger partial charge on any atom is -0.492 e. The number of benzene rings is 1. The Morgan fingerprint density at radius 1 is 1.24 bits per heavy atom. The number of nitrogens with two attached hydrogens (primary N) is 2. The molecule has 34 heavy (non-hydrogen) atoms. The maximum Gasteiger partial charge on any atom is 0.405 e. The lowest BCUT2D eigenvalue weighted by Gasteiger charge is -2.16. The van der Waals surface area contributed by atoms with Gasteiger partial charge in [0.15, 0.2) is 11.6 Å². The van der Waals surface area contributed by atoms with Gasteiger partial charge < -0.3 is 25.9 Å². The van der Waals surface area contributed by atoms with Crippen LogP contribution in [0.2, 0.25) is 0 Å². The van der Waals surface area contributed by atoms with E-state index in [1.165, 1.54) is 0 Å². The van der Waals surface area contributed by atoms with Crippen molar-refractivity contribution in [3.8, 4) is 22.9 Å². The highest BCUT2D eigenvalue weighted by Gasteiger charge is 2.14. The van der Waals surface area contributed by atoms with E-state index in [4.69, 9.17) is 16.2 Å². The summed E-state index contributed by atoms with van der Waals surface area (Å²) in [5.41, 5.74) is 13.6. The second-order valence-corrected chi connectivity index (χ2v) is 9.58. The molecule has 1 amide bonds. The summed E-state index contributed by atoms with van der Waals surface area (Å²) in [5, 5.41) is 9.54. The Labute approximate surface area is 200 Å². The lowest BCUT2D eigenvalue weighted by atomic mass is 10.00. The van der Waals surface area contributed by atoms with E-state index in [2.05, 4.69) is 46.5 Å². The smallest absolute Gasteiger partial charge is 0.405 e. The molecule has 2 aromatic heterocycles. The van der Waals surface area contributed by atoms with Gasteiger partial charge in [0.25, 0.3) is 0 Å². The number of amides is 1. The number of aromatic amines is 1. The summed E-state index contributed by atoms with van der Waals surface area (Å²) in [7, 11) is 0. The standard InChI is InChI=1S/C20H23N5O.C5H11NO2/c1-12(2)8-13(3)11-26-17-5-4-14(9-15(17)10-21)16-6-7-23-19-18(16)24-20(22)25-19;1-5(2,3)8-4(6)7/h4-7,9,12-13H,8,11H2,1-3H3,(H3,22,23,24,25);1-3H3,(H2,6,7). The largest absolute Gasteiger partial charge is 0.492 e. The van der Waals surface area contributed by atoms with Crippen LogP contribution in [-0.4, -0.2) is 33.3 Å². The van der Waals surface area contributed by atoms with Gasteiger partial charge in [0, 0.05) is 11.8 Å². The Balaban J connectivity index is 0.000000440. The number of pyridine rings is 1. The van der Waals surface area contributed by atoms with Crippen molar-refractivity contribution >= 4 is 23.2 Å². The van der Waals surface area contributed by atoms with Crippen LogP contribution in [0.5, 0.6) is 5.75 Å². The average Bonchev–Trinajstić information content (AvgIpc) is 3.10. The summed E-state index contributed by atoms with van der Waals surface area (Å²) in [6.07, 6.45) is 2.05. The maximum absolute atomic E-state index is 10.0. The van der Waals surface area contributed by atoms with Crippen molar-refractivity contribution < 1.29 is 14.3 Å². The van der Waals surface area contributed by atoms with Gasteiger partial charge >= 0.3 is 6.09 Å².